The lowest BCUT2D eigenvalue weighted by atomic mass is 9.74. The standard InChI is InChI=1S/C60H50N4/c1-41-21-27-47(28-22-41)61(44-15-9-6-10-16-44)50-33-35-57-53(37-50)54-38-52(63(46-19-13-8-14-20-46)49-31-25-43(3)26-32-49)40-56-59(54)64(57)58-36-34-51(39-55(58)60(56,4)5)62(45-17-11-7-12-18-45)48-29-23-42(2)24-30-48/h6-40H,1-5H3. The Balaban J connectivity index is 1.20. The van der Waals surface area contributed by atoms with E-state index in [-0.39, 0.29) is 5.41 Å². The molecule has 0 atom stereocenters. The first-order valence-corrected chi connectivity index (χ1v) is 22.3. The van der Waals surface area contributed by atoms with Gasteiger partial charge in [-0.3, -0.25) is 0 Å². The molecular weight excluding hydrogens is 777 g/mol. The molecule has 1 aliphatic rings. The Morgan fingerprint density at radius 3 is 1.16 bits per heavy atom. The molecule has 1 aliphatic heterocycles. The minimum atomic E-state index is -0.379. The molecule has 11 rings (SSSR count). The fourth-order valence-corrected chi connectivity index (χ4v) is 9.77. The van der Waals surface area contributed by atoms with Crippen LogP contribution in [0.2, 0.25) is 0 Å². The van der Waals surface area contributed by atoms with E-state index in [4.69, 9.17) is 0 Å². The predicted octanol–water partition coefficient (Wildman–Crippen LogP) is 16.8. The second-order valence-electron chi connectivity index (χ2n) is 17.8. The van der Waals surface area contributed by atoms with E-state index in [1.165, 1.54) is 55.3 Å². The molecule has 310 valence electrons. The summed E-state index contributed by atoms with van der Waals surface area (Å²) in [6.07, 6.45) is 0. The van der Waals surface area contributed by atoms with Gasteiger partial charge in [-0.05, 0) is 153 Å². The molecule has 0 saturated heterocycles. The Morgan fingerprint density at radius 1 is 0.328 bits per heavy atom. The van der Waals surface area contributed by atoms with Gasteiger partial charge < -0.3 is 19.3 Å². The molecule has 0 bridgehead atoms. The topological polar surface area (TPSA) is 14.7 Å². The lowest BCUT2D eigenvalue weighted by molar-refractivity contribution is 0.630. The van der Waals surface area contributed by atoms with Crippen LogP contribution in [0.3, 0.4) is 0 Å². The van der Waals surface area contributed by atoms with Crippen LogP contribution in [-0.2, 0) is 5.41 Å². The molecular formula is C60H50N4. The molecule has 0 radical (unpaired) electrons. The zero-order chi connectivity index (χ0) is 43.5. The van der Waals surface area contributed by atoms with E-state index in [1.54, 1.807) is 0 Å². The van der Waals surface area contributed by atoms with Crippen LogP contribution < -0.4 is 14.7 Å². The Hall–Kier alpha value is -7.82. The fourth-order valence-electron chi connectivity index (χ4n) is 9.77. The first-order valence-electron chi connectivity index (χ1n) is 22.3. The van der Waals surface area contributed by atoms with Crippen molar-refractivity contribution in [1.82, 2.24) is 4.57 Å². The van der Waals surface area contributed by atoms with E-state index in [9.17, 15) is 0 Å². The third kappa shape index (κ3) is 6.62. The summed E-state index contributed by atoms with van der Waals surface area (Å²) in [4.78, 5) is 7.18. The second-order valence-corrected chi connectivity index (χ2v) is 17.8. The SMILES string of the molecule is Cc1ccc(N(c2ccccc2)c2ccc3c(c2)C(C)(C)c2cc(N(c4ccccc4)c4ccc(C)cc4)cc4c5cc(N(c6ccccc6)c6ccc(C)cc6)ccc5n-3c24)cc1. The van der Waals surface area contributed by atoms with E-state index in [0.717, 1.165) is 51.2 Å². The summed E-state index contributed by atoms with van der Waals surface area (Å²) < 4.78 is 2.54. The van der Waals surface area contributed by atoms with Gasteiger partial charge in [-0.1, -0.05) is 122 Å². The van der Waals surface area contributed by atoms with Gasteiger partial charge in [0.05, 0.1) is 16.7 Å². The van der Waals surface area contributed by atoms with Gasteiger partial charge in [-0.25, -0.2) is 0 Å². The molecule has 4 heteroatoms. The first-order chi connectivity index (χ1) is 31.2. The van der Waals surface area contributed by atoms with Crippen LogP contribution in [0.25, 0.3) is 27.5 Å². The number of para-hydroxylation sites is 3. The maximum atomic E-state index is 2.54. The number of fused-ring (bicyclic) bond motifs is 5. The van der Waals surface area contributed by atoms with Gasteiger partial charge in [-0.15, -0.1) is 0 Å². The summed E-state index contributed by atoms with van der Waals surface area (Å²) in [5.74, 6) is 0. The monoisotopic (exact) mass is 826 g/mol. The number of benzene rings is 9. The summed E-state index contributed by atoms with van der Waals surface area (Å²) in [5, 5.41) is 2.43. The highest BCUT2D eigenvalue weighted by Gasteiger charge is 2.37. The van der Waals surface area contributed by atoms with Gasteiger partial charge in [-0.2, -0.15) is 0 Å². The van der Waals surface area contributed by atoms with Crippen molar-refractivity contribution >= 4 is 73.0 Å². The highest BCUT2D eigenvalue weighted by atomic mass is 15.2. The normalized spacial score (nSPS) is 12.6. The van der Waals surface area contributed by atoms with Crippen molar-refractivity contribution in [2.45, 2.75) is 40.0 Å². The van der Waals surface area contributed by atoms with Crippen molar-refractivity contribution < 1.29 is 0 Å². The number of hydrogen-bond acceptors (Lipinski definition) is 3. The quantitative estimate of drug-likeness (QED) is 0.144. The summed E-state index contributed by atoms with van der Waals surface area (Å²) >= 11 is 0. The molecule has 0 aliphatic carbocycles. The highest BCUT2D eigenvalue weighted by Crippen LogP contribution is 2.52. The van der Waals surface area contributed by atoms with E-state index in [0.29, 0.717) is 0 Å². The van der Waals surface area contributed by atoms with Crippen LogP contribution in [0.15, 0.2) is 212 Å². The van der Waals surface area contributed by atoms with Crippen molar-refractivity contribution in [3.63, 3.8) is 0 Å². The van der Waals surface area contributed by atoms with Gasteiger partial charge in [0, 0.05) is 67.4 Å². The van der Waals surface area contributed by atoms with Gasteiger partial charge in [0.25, 0.3) is 0 Å². The maximum Gasteiger partial charge on any atom is 0.0583 e. The summed E-state index contributed by atoms with van der Waals surface area (Å²) in [7, 11) is 0. The highest BCUT2D eigenvalue weighted by molar-refractivity contribution is 6.14. The van der Waals surface area contributed by atoms with Gasteiger partial charge in [0.1, 0.15) is 0 Å². The molecule has 0 fully saturated rings. The van der Waals surface area contributed by atoms with E-state index in [2.05, 4.69) is 266 Å². The van der Waals surface area contributed by atoms with Crippen LogP contribution in [0.1, 0.15) is 41.7 Å². The Morgan fingerprint density at radius 2 is 0.688 bits per heavy atom. The van der Waals surface area contributed by atoms with Crippen LogP contribution in [0.4, 0.5) is 51.2 Å². The zero-order valence-electron chi connectivity index (χ0n) is 37.0. The molecule has 10 aromatic rings. The van der Waals surface area contributed by atoms with E-state index < -0.39 is 0 Å². The third-order valence-electron chi connectivity index (χ3n) is 13.1. The minimum Gasteiger partial charge on any atom is -0.310 e. The summed E-state index contributed by atoms with van der Waals surface area (Å²) in [6, 6.07) is 77.9. The molecule has 0 unspecified atom stereocenters. The molecule has 0 saturated carbocycles. The van der Waals surface area contributed by atoms with Crippen molar-refractivity contribution in [2.75, 3.05) is 14.7 Å². The molecule has 0 spiro atoms. The number of rotatable bonds is 9. The van der Waals surface area contributed by atoms with Crippen LogP contribution in [0.5, 0.6) is 0 Å². The molecule has 1 aromatic heterocycles. The molecule has 0 amide bonds. The maximum absolute atomic E-state index is 2.54. The zero-order valence-corrected chi connectivity index (χ0v) is 37.0. The molecule has 9 aromatic carbocycles. The number of aromatic nitrogens is 1. The predicted molar refractivity (Wildman–Crippen MR) is 271 cm³/mol. The number of aryl methyl sites for hydroxylation is 3. The lowest BCUT2D eigenvalue weighted by Crippen LogP contribution is -2.27. The Kier molecular flexibility index (Phi) is 9.47. The Labute approximate surface area is 376 Å². The van der Waals surface area contributed by atoms with Crippen LogP contribution in [-0.4, -0.2) is 4.57 Å². The summed E-state index contributed by atoms with van der Waals surface area (Å²) in [6.45, 7) is 11.3. The second kappa shape index (κ2) is 15.5. The van der Waals surface area contributed by atoms with E-state index >= 15 is 0 Å². The molecule has 2 heterocycles. The average molecular weight is 827 g/mol. The Bertz CT molecular complexity index is 3300. The van der Waals surface area contributed by atoms with E-state index in [1.807, 2.05) is 0 Å². The van der Waals surface area contributed by atoms with Crippen LogP contribution in [0, 0.1) is 20.8 Å². The average Bonchev–Trinajstić information content (AvgIpc) is 3.65. The lowest BCUT2D eigenvalue weighted by Gasteiger charge is -2.37. The van der Waals surface area contributed by atoms with Gasteiger partial charge in [0.15, 0.2) is 0 Å². The van der Waals surface area contributed by atoms with Crippen molar-refractivity contribution in [3.05, 3.63) is 240 Å². The molecule has 4 nitrogen and oxygen atoms in total. The van der Waals surface area contributed by atoms with Crippen LogP contribution >= 0.6 is 0 Å². The smallest absolute Gasteiger partial charge is 0.0583 e. The minimum absolute atomic E-state index is 0.379. The third-order valence-corrected chi connectivity index (χ3v) is 13.1. The summed E-state index contributed by atoms with van der Waals surface area (Å²) in [5.41, 5.74) is 19.6. The first kappa shape index (κ1) is 39.1. The number of anilines is 9. The van der Waals surface area contributed by atoms with Crippen molar-refractivity contribution in [1.29, 1.82) is 0 Å². The van der Waals surface area contributed by atoms with Gasteiger partial charge >= 0.3 is 0 Å². The molecule has 0 N–H and O–H groups in total. The van der Waals surface area contributed by atoms with Gasteiger partial charge in [0.2, 0.25) is 0 Å². The number of hydrogen-bond donors (Lipinski definition) is 0. The van der Waals surface area contributed by atoms with Crippen molar-refractivity contribution in [2.24, 2.45) is 0 Å². The largest absolute Gasteiger partial charge is 0.310 e. The van der Waals surface area contributed by atoms with Crippen molar-refractivity contribution in [3.8, 4) is 5.69 Å². The molecule has 64 heavy (non-hydrogen) atoms. The fraction of sp³-hybridized carbons (Fsp3) is 0.100. The number of nitrogens with zero attached hydrogens (tertiary/aromatic N) is 4.